The van der Waals surface area contributed by atoms with Crippen molar-refractivity contribution in [3.8, 4) is 11.4 Å². The molecule has 1 atom stereocenters. The molecule has 0 N–H and O–H groups in total. The second-order valence-electron chi connectivity index (χ2n) is 6.91. The zero-order chi connectivity index (χ0) is 19.5. The number of carbonyl (C=O) groups excluding carboxylic acids is 1. The highest BCUT2D eigenvalue weighted by Gasteiger charge is 2.29. The van der Waals surface area contributed by atoms with Crippen LogP contribution in [-0.4, -0.2) is 34.0 Å². The number of amides is 1. The van der Waals surface area contributed by atoms with Crippen LogP contribution >= 0.6 is 0 Å². The number of likely N-dealkylation sites (tertiary alicyclic amines) is 1. The van der Waals surface area contributed by atoms with Crippen molar-refractivity contribution >= 4 is 5.91 Å². The van der Waals surface area contributed by atoms with E-state index in [0.717, 1.165) is 12.8 Å². The number of piperidine rings is 1. The third kappa shape index (κ3) is 3.93. The Balaban J connectivity index is 1.45. The topological polar surface area (TPSA) is 59.2 Å². The molecule has 1 amide bonds. The second kappa shape index (κ2) is 7.88. The average molecular weight is 383 g/mol. The summed E-state index contributed by atoms with van der Waals surface area (Å²) in [5.74, 6) is -0.202. The molecule has 28 heavy (non-hydrogen) atoms. The summed E-state index contributed by atoms with van der Waals surface area (Å²) in [6.07, 6.45) is 1.64. The average Bonchev–Trinajstić information content (AvgIpc) is 3.20. The van der Waals surface area contributed by atoms with E-state index in [9.17, 15) is 13.6 Å². The molecule has 144 valence electrons. The van der Waals surface area contributed by atoms with Crippen molar-refractivity contribution < 1.29 is 18.1 Å². The first-order valence-corrected chi connectivity index (χ1v) is 9.21. The summed E-state index contributed by atoms with van der Waals surface area (Å²) in [5, 5.41) is 3.95. The van der Waals surface area contributed by atoms with Crippen LogP contribution in [0.5, 0.6) is 0 Å². The quantitative estimate of drug-likeness (QED) is 0.684. The minimum absolute atomic E-state index is 0.0256. The van der Waals surface area contributed by atoms with E-state index in [0.29, 0.717) is 35.9 Å². The third-order valence-electron chi connectivity index (χ3n) is 4.95. The number of rotatable bonds is 4. The van der Waals surface area contributed by atoms with Gasteiger partial charge in [0, 0.05) is 18.7 Å². The van der Waals surface area contributed by atoms with Gasteiger partial charge in [0.05, 0.1) is 12.3 Å². The van der Waals surface area contributed by atoms with Crippen LogP contribution in [0.1, 0.15) is 30.2 Å². The molecule has 7 heteroatoms. The van der Waals surface area contributed by atoms with E-state index in [1.165, 1.54) is 18.2 Å². The van der Waals surface area contributed by atoms with Gasteiger partial charge in [-0.05, 0) is 36.6 Å². The molecule has 1 fully saturated rings. The highest BCUT2D eigenvalue weighted by molar-refractivity contribution is 5.79. The monoisotopic (exact) mass is 383 g/mol. The summed E-state index contributed by atoms with van der Waals surface area (Å²) in [4.78, 5) is 18.7. The smallest absolute Gasteiger partial charge is 0.231 e. The Morgan fingerprint density at radius 1 is 1.18 bits per heavy atom. The van der Waals surface area contributed by atoms with Crippen molar-refractivity contribution in [1.82, 2.24) is 15.0 Å². The zero-order valence-electron chi connectivity index (χ0n) is 15.1. The van der Waals surface area contributed by atoms with Crippen molar-refractivity contribution in [2.45, 2.75) is 25.2 Å². The minimum atomic E-state index is -0.374. The molecular weight excluding hydrogens is 364 g/mol. The van der Waals surface area contributed by atoms with Crippen LogP contribution in [0.25, 0.3) is 11.4 Å². The number of carbonyl (C=O) groups is 1. The molecule has 5 nitrogen and oxygen atoms in total. The number of benzene rings is 2. The predicted octanol–water partition coefficient (Wildman–Crippen LogP) is 3.96. The first-order chi connectivity index (χ1) is 13.6. The fraction of sp³-hybridized carbons (Fsp3) is 0.286. The van der Waals surface area contributed by atoms with E-state index in [4.69, 9.17) is 4.52 Å². The molecule has 0 radical (unpaired) electrons. The van der Waals surface area contributed by atoms with Crippen LogP contribution < -0.4 is 0 Å². The van der Waals surface area contributed by atoms with Gasteiger partial charge in [-0.2, -0.15) is 4.98 Å². The molecule has 0 aliphatic carbocycles. The SMILES string of the molecule is O=C(Cc1ccccc1F)N1CCC[C@@H](c2nc(-c3cccc(F)c3)no2)C1. The number of aromatic nitrogens is 2. The molecule has 1 aliphatic rings. The van der Waals surface area contributed by atoms with Crippen molar-refractivity contribution in [2.24, 2.45) is 0 Å². The van der Waals surface area contributed by atoms with E-state index in [2.05, 4.69) is 10.1 Å². The molecule has 1 saturated heterocycles. The summed E-state index contributed by atoms with van der Waals surface area (Å²) >= 11 is 0. The van der Waals surface area contributed by atoms with E-state index < -0.39 is 0 Å². The maximum absolute atomic E-state index is 13.8. The summed E-state index contributed by atoms with van der Waals surface area (Å²) in [7, 11) is 0. The number of hydrogen-bond donors (Lipinski definition) is 0. The Morgan fingerprint density at radius 2 is 2.04 bits per heavy atom. The Kier molecular flexibility index (Phi) is 5.14. The molecule has 0 saturated carbocycles. The van der Waals surface area contributed by atoms with Crippen LogP contribution in [0.4, 0.5) is 8.78 Å². The third-order valence-corrected chi connectivity index (χ3v) is 4.95. The molecule has 1 aliphatic heterocycles. The van der Waals surface area contributed by atoms with Gasteiger partial charge in [0.2, 0.25) is 17.6 Å². The van der Waals surface area contributed by atoms with Gasteiger partial charge in [-0.3, -0.25) is 4.79 Å². The molecule has 2 heterocycles. The lowest BCUT2D eigenvalue weighted by molar-refractivity contribution is -0.131. The predicted molar refractivity (Wildman–Crippen MR) is 98.4 cm³/mol. The molecule has 0 bridgehead atoms. The van der Waals surface area contributed by atoms with Crippen LogP contribution in [0.2, 0.25) is 0 Å². The first kappa shape index (κ1) is 18.3. The molecule has 0 unspecified atom stereocenters. The number of nitrogens with zero attached hydrogens (tertiary/aromatic N) is 3. The summed E-state index contributed by atoms with van der Waals surface area (Å²) < 4.78 is 32.6. The maximum atomic E-state index is 13.8. The Hall–Kier alpha value is -3.09. The molecule has 3 aromatic rings. The molecule has 0 spiro atoms. The first-order valence-electron chi connectivity index (χ1n) is 9.21. The molecular formula is C21H19F2N3O2. The summed E-state index contributed by atoms with van der Waals surface area (Å²) in [5.41, 5.74) is 0.930. The van der Waals surface area contributed by atoms with E-state index >= 15 is 0 Å². The summed E-state index contributed by atoms with van der Waals surface area (Å²) in [6.45, 7) is 1.06. The number of hydrogen-bond acceptors (Lipinski definition) is 4. The van der Waals surface area contributed by atoms with Gasteiger partial charge in [0.15, 0.2) is 0 Å². The lowest BCUT2D eigenvalue weighted by Gasteiger charge is -2.31. The van der Waals surface area contributed by atoms with Crippen LogP contribution in [0, 0.1) is 11.6 Å². The van der Waals surface area contributed by atoms with E-state index in [-0.39, 0.29) is 29.9 Å². The normalized spacial score (nSPS) is 16.9. The lowest BCUT2D eigenvalue weighted by atomic mass is 9.97. The van der Waals surface area contributed by atoms with Gasteiger partial charge >= 0.3 is 0 Å². The Bertz CT molecular complexity index is 989. The molecule has 4 rings (SSSR count). The maximum Gasteiger partial charge on any atom is 0.231 e. The second-order valence-corrected chi connectivity index (χ2v) is 6.91. The highest BCUT2D eigenvalue weighted by Crippen LogP contribution is 2.28. The van der Waals surface area contributed by atoms with Gasteiger partial charge in [-0.1, -0.05) is 35.5 Å². The van der Waals surface area contributed by atoms with Gasteiger partial charge in [0.25, 0.3) is 0 Å². The lowest BCUT2D eigenvalue weighted by Crippen LogP contribution is -2.40. The van der Waals surface area contributed by atoms with Crippen LogP contribution in [-0.2, 0) is 11.2 Å². The molecule has 2 aromatic carbocycles. The Labute approximate surface area is 161 Å². The molecule has 1 aromatic heterocycles. The van der Waals surface area contributed by atoms with Crippen molar-refractivity contribution in [1.29, 1.82) is 0 Å². The largest absolute Gasteiger partial charge is 0.342 e. The highest BCUT2D eigenvalue weighted by atomic mass is 19.1. The fourth-order valence-corrected chi connectivity index (χ4v) is 3.47. The Morgan fingerprint density at radius 3 is 2.86 bits per heavy atom. The van der Waals surface area contributed by atoms with Gasteiger partial charge < -0.3 is 9.42 Å². The zero-order valence-corrected chi connectivity index (χ0v) is 15.1. The van der Waals surface area contributed by atoms with Crippen molar-refractivity contribution in [3.63, 3.8) is 0 Å². The van der Waals surface area contributed by atoms with Crippen molar-refractivity contribution in [2.75, 3.05) is 13.1 Å². The van der Waals surface area contributed by atoms with Gasteiger partial charge in [0.1, 0.15) is 11.6 Å². The summed E-state index contributed by atoms with van der Waals surface area (Å²) in [6, 6.07) is 12.3. The minimum Gasteiger partial charge on any atom is -0.342 e. The standard InChI is InChI=1S/C21H19F2N3O2/c22-17-8-3-6-15(11-17)20-24-21(28-25-20)16-7-4-10-26(13-16)19(27)12-14-5-1-2-9-18(14)23/h1-3,5-6,8-9,11,16H,4,7,10,12-13H2/t16-/m1/s1. The van der Waals surface area contributed by atoms with E-state index in [1.807, 2.05) is 0 Å². The van der Waals surface area contributed by atoms with Gasteiger partial charge in [-0.25, -0.2) is 8.78 Å². The van der Waals surface area contributed by atoms with Gasteiger partial charge in [-0.15, -0.1) is 0 Å². The van der Waals surface area contributed by atoms with Crippen LogP contribution in [0.3, 0.4) is 0 Å². The van der Waals surface area contributed by atoms with E-state index in [1.54, 1.807) is 35.2 Å². The fourth-order valence-electron chi connectivity index (χ4n) is 3.47. The van der Waals surface area contributed by atoms with Crippen LogP contribution in [0.15, 0.2) is 53.1 Å². The number of halogens is 2. The van der Waals surface area contributed by atoms with Crippen molar-refractivity contribution in [3.05, 3.63) is 71.6 Å².